The predicted molar refractivity (Wildman–Crippen MR) is 76.6 cm³/mol. The number of hydrogen-bond acceptors (Lipinski definition) is 3. The molecule has 0 aliphatic heterocycles. The van der Waals surface area contributed by atoms with Gasteiger partial charge in [-0.05, 0) is 46.8 Å². The van der Waals surface area contributed by atoms with Gasteiger partial charge in [-0.3, -0.25) is 0 Å². The van der Waals surface area contributed by atoms with Crippen molar-refractivity contribution in [3.8, 4) is 0 Å². The molecule has 1 heterocycles. The minimum absolute atomic E-state index is 0.641. The zero-order valence-corrected chi connectivity index (χ0v) is 12.3. The van der Waals surface area contributed by atoms with Crippen LogP contribution in [0.1, 0.15) is 39.3 Å². The first-order valence-corrected chi connectivity index (χ1v) is 7.05. The molecular weight excluding hydrogens is 224 g/mol. The van der Waals surface area contributed by atoms with E-state index in [0.29, 0.717) is 6.04 Å². The highest BCUT2D eigenvalue weighted by Crippen LogP contribution is 2.04. The topological polar surface area (TPSA) is 33.1 Å². The Balaban J connectivity index is 2.24. The van der Waals surface area contributed by atoms with Crippen molar-refractivity contribution >= 4 is 0 Å². The molecule has 0 aliphatic rings. The molecule has 0 aliphatic carbocycles. The fourth-order valence-electron chi connectivity index (χ4n) is 1.85. The van der Waals surface area contributed by atoms with E-state index in [1.807, 2.05) is 12.5 Å². The highest BCUT2D eigenvalue weighted by molar-refractivity contribution is 4.97. The van der Waals surface area contributed by atoms with Gasteiger partial charge in [-0.15, -0.1) is 0 Å². The smallest absolute Gasteiger partial charge is 0.0948 e. The van der Waals surface area contributed by atoms with E-state index in [4.69, 9.17) is 0 Å². The van der Waals surface area contributed by atoms with Gasteiger partial charge in [0.05, 0.1) is 12.0 Å². The SMILES string of the molecule is CCNCc1cncn1CCCCN(C)C(C)C. The minimum Gasteiger partial charge on any atom is -0.333 e. The normalized spacial score (nSPS) is 11.7. The van der Waals surface area contributed by atoms with Crippen molar-refractivity contribution in [1.29, 1.82) is 0 Å². The molecule has 0 bridgehead atoms. The van der Waals surface area contributed by atoms with Crippen molar-refractivity contribution in [2.75, 3.05) is 20.1 Å². The van der Waals surface area contributed by atoms with Crippen molar-refractivity contribution in [3.63, 3.8) is 0 Å². The molecule has 1 aromatic heterocycles. The quantitative estimate of drug-likeness (QED) is 0.683. The second kappa shape index (κ2) is 8.27. The molecule has 4 nitrogen and oxygen atoms in total. The van der Waals surface area contributed by atoms with Crippen LogP contribution in [0.25, 0.3) is 0 Å². The van der Waals surface area contributed by atoms with Gasteiger partial charge in [-0.2, -0.15) is 0 Å². The van der Waals surface area contributed by atoms with Crippen LogP contribution in [0.4, 0.5) is 0 Å². The number of nitrogens with zero attached hydrogens (tertiary/aromatic N) is 3. The van der Waals surface area contributed by atoms with Crippen LogP contribution in [0.2, 0.25) is 0 Å². The summed E-state index contributed by atoms with van der Waals surface area (Å²) in [6, 6.07) is 0.641. The molecule has 0 fully saturated rings. The van der Waals surface area contributed by atoms with E-state index < -0.39 is 0 Å². The van der Waals surface area contributed by atoms with Crippen LogP contribution >= 0.6 is 0 Å². The Morgan fingerprint density at radius 3 is 2.83 bits per heavy atom. The van der Waals surface area contributed by atoms with Gasteiger partial charge >= 0.3 is 0 Å². The first-order valence-electron chi connectivity index (χ1n) is 7.05. The van der Waals surface area contributed by atoms with E-state index >= 15 is 0 Å². The fourth-order valence-corrected chi connectivity index (χ4v) is 1.85. The molecule has 4 heteroatoms. The van der Waals surface area contributed by atoms with Crippen LogP contribution in [0, 0.1) is 0 Å². The summed E-state index contributed by atoms with van der Waals surface area (Å²) in [4.78, 5) is 6.63. The molecule has 0 amide bonds. The average molecular weight is 252 g/mol. The minimum atomic E-state index is 0.641. The van der Waals surface area contributed by atoms with Gasteiger partial charge in [0.2, 0.25) is 0 Å². The van der Waals surface area contributed by atoms with Gasteiger partial charge < -0.3 is 14.8 Å². The maximum absolute atomic E-state index is 4.23. The van der Waals surface area contributed by atoms with E-state index in [1.54, 1.807) is 0 Å². The van der Waals surface area contributed by atoms with Crippen molar-refractivity contribution in [3.05, 3.63) is 18.2 Å². The summed E-state index contributed by atoms with van der Waals surface area (Å²) in [7, 11) is 2.19. The molecule has 18 heavy (non-hydrogen) atoms. The van der Waals surface area contributed by atoms with Crippen molar-refractivity contribution < 1.29 is 0 Å². The zero-order valence-electron chi connectivity index (χ0n) is 12.3. The Bertz CT molecular complexity index is 319. The zero-order chi connectivity index (χ0) is 13.4. The van der Waals surface area contributed by atoms with Gasteiger partial charge in [0.15, 0.2) is 0 Å². The molecule has 104 valence electrons. The number of hydrogen-bond donors (Lipinski definition) is 1. The van der Waals surface area contributed by atoms with E-state index in [0.717, 1.165) is 19.6 Å². The monoisotopic (exact) mass is 252 g/mol. The molecule has 1 rings (SSSR count). The second-order valence-corrected chi connectivity index (χ2v) is 5.14. The second-order valence-electron chi connectivity index (χ2n) is 5.14. The third-order valence-electron chi connectivity index (χ3n) is 3.40. The summed E-state index contributed by atoms with van der Waals surface area (Å²) in [5.41, 5.74) is 1.29. The molecule has 0 aromatic carbocycles. The summed E-state index contributed by atoms with van der Waals surface area (Å²) >= 11 is 0. The van der Waals surface area contributed by atoms with Gasteiger partial charge in [-0.25, -0.2) is 4.98 Å². The van der Waals surface area contributed by atoms with Gasteiger partial charge in [0, 0.05) is 25.3 Å². The van der Waals surface area contributed by atoms with E-state index in [9.17, 15) is 0 Å². The summed E-state index contributed by atoms with van der Waals surface area (Å²) in [5.74, 6) is 0. The lowest BCUT2D eigenvalue weighted by Crippen LogP contribution is -2.27. The molecule has 0 unspecified atom stereocenters. The molecule has 0 radical (unpaired) electrons. The fraction of sp³-hybridized carbons (Fsp3) is 0.786. The lowest BCUT2D eigenvalue weighted by Gasteiger charge is -2.20. The number of aryl methyl sites for hydroxylation is 1. The maximum Gasteiger partial charge on any atom is 0.0948 e. The average Bonchev–Trinajstić information content (AvgIpc) is 2.79. The molecular formula is C14H28N4. The Morgan fingerprint density at radius 1 is 1.39 bits per heavy atom. The lowest BCUT2D eigenvalue weighted by atomic mass is 10.2. The van der Waals surface area contributed by atoms with E-state index in [2.05, 4.69) is 47.6 Å². The van der Waals surface area contributed by atoms with Crippen molar-refractivity contribution in [2.24, 2.45) is 0 Å². The van der Waals surface area contributed by atoms with E-state index in [1.165, 1.54) is 25.1 Å². The first kappa shape index (κ1) is 15.2. The molecule has 1 N–H and O–H groups in total. The Kier molecular flexibility index (Phi) is 6.98. The summed E-state index contributed by atoms with van der Waals surface area (Å²) in [6.45, 7) is 10.8. The molecule has 0 saturated carbocycles. The standard InChI is InChI=1S/C14H28N4/c1-5-15-10-14-11-16-12-18(14)9-7-6-8-17(4)13(2)3/h11-13,15H,5-10H2,1-4H3. The van der Waals surface area contributed by atoms with E-state index in [-0.39, 0.29) is 0 Å². The molecule has 0 spiro atoms. The largest absolute Gasteiger partial charge is 0.333 e. The number of aromatic nitrogens is 2. The Morgan fingerprint density at radius 2 is 2.17 bits per heavy atom. The van der Waals surface area contributed by atoms with Crippen LogP contribution in [-0.4, -0.2) is 40.6 Å². The predicted octanol–water partition coefficient (Wildman–Crippen LogP) is 2.11. The molecule has 1 aromatic rings. The summed E-state index contributed by atoms with van der Waals surface area (Å²) in [6.07, 6.45) is 6.36. The first-order chi connectivity index (χ1) is 8.65. The van der Waals surface area contributed by atoms with Crippen LogP contribution in [0.15, 0.2) is 12.5 Å². The number of rotatable bonds is 9. The highest BCUT2D eigenvalue weighted by atomic mass is 15.1. The summed E-state index contributed by atoms with van der Waals surface area (Å²) in [5, 5.41) is 3.35. The highest BCUT2D eigenvalue weighted by Gasteiger charge is 2.04. The lowest BCUT2D eigenvalue weighted by molar-refractivity contribution is 0.266. The van der Waals surface area contributed by atoms with Crippen LogP contribution in [0.3, 0.4) is 0 Å². The summed E-state index contributed by atoms with van der Waals surface area (Å²) < 4.78 is 2.26. The van der Waals surface area contributed by atoms with Crippen LogP contribution < -0.4 is 5.32 Å². The maximum atomic E-state index is 4.23. The third kappa shape index (κ3) is 5.19. The van der Waals surface area contributed by atoms with Gasteiger partial charge in [-0.1, -0.05) is 6.92 Å². The van der Waals surface area contributed by atoms with Gasteiger partial charge in [0.1, 0.15) is 0 Å². The Hall–Kier alpha value is -0.870. The van der Waals surface area contributed by atoms with Crippen LogP contribution in [-0.2, 0) is 13.1 Å². The number of unbranched alkanes of at least 4 members (excludes halogenated alkanes) is 1. The van der Waals surface area contributed by atoms with Crippen molar-refractivity contribution in [2.45, 2.75) is 52.7 Å². The Labute approximate surface area is 111 Å². The van der Waals surface area contributed by atoms with Crippen molar-refractivity contribution in [1.82, 2.24) is 19.8 Å². The molecule has 0 saturated heterocycles. The number of imidazole rings is 1. The third-order valence-corrected chi connectivity index (χ3v) is 3.40. The number of nitrogens with one attached hydrogen (secondary N) is 1. The van der Waals surface area contributed by atoms with Gasteiger partial charge in [0.25, 0.3) is 0 Å². The molecule has 0 atom stereocenters. The van der Waals surface area contributed by atoms with Crippen LogP contribution in [0.5, 0.6) is 0 Å².